The van der Waals surface area contributed by atoms with E-state index in [1.807, 2.05) is 24.3 Å². The first-order chi connectivity index (χ1) is 14.2. The zero-order valence-corrected chi connectivity index (χ0v) is 16.7. The Bertz CT molecular complexity index is 981. The largest absolute Gasteiger partial charge is 0.465 e. The van der Waals surface area contributed by atoms with Gasteiger partial charge < -0.3 is 15.1 Å². The van der Waals surface area contributed by atoms with Gasteiger partial charge in [-0.1, -0.05) is 36.4 Å². The lowest BCUT2D eigenvalue weighted by atomic mass is 9.85. The molecule has 0 aromatic heterocycles. The fraction of sp³-hybridized carbons (Fsp3) is 0.348. The molecule has 1 saturated heterocycles. The highest BCUT2D eigenvalue weighted by molar-refractivity contribution is 6.21. The summed E-state index contributed by atoms with van der Waals surface area (Å²) >= 11 is 0. The predicted octanol–water partition coefficient (Wildman–Crippen LogP) is 2.92. The van der Waals surface area contributed by atoms with E-state index in [2.05, 4.69) is 0 Å². The number of amides is 3. The van der Waals surface area contributed by atoms with E-state index < -0.39 is 11.7 Å². The van der Waals surface area contributed by atoms with Crippen LogP contribution >= 0.6 is 0 Å². The Kier molecular flexibility index (Phi) is 5.07. The van der Waals surface area contributed by atoms with E-state index in [9.17, 15) is 24.6 Å². The summed E-state index contributed by atoms with van der Waals surface area (Å²) in [5, 5.41) is 19.9. The quantitative estimate of drug-likeness (QED) is 0.758. The van der Waals surface area contributed by atoms with Crippen LogP contribution in [0.25, 0.3) is 0 Å². The number of benzene rings is 2. The standard InChI is InChI=1S/C23H24N2O5/c1-23(30)9-10-24(22(28)29)17(13-23)12-15-5-4-6-16(11-15)14-25-20(26)18-7-2-3-8-19(18)21(25)27/h2-8,11,17,30H,9-10,12-14H2,1H3,(H,28,29). The summed E-state index contributed by atoms with van der Waals surface area (Å²) in [6.07, 6.45) is 0.244. The van der Waals surface area contributed by atoms with Crippen LogP contribution in [0.4, 0.5) is 4.79 Å². The Morgan fingerprint density at radius 1 is 1.07 bits per heavy atom. The predicted molar refractivity (Wildman–Crippen MR) is 109 cm³/mol. The second kappa shape index (κ2) is 7.57. The molecule has 0 saturated carbocycles. The molecular formula is C23H24N2O5. The van der Waals surface area contributed by atoms with Gasteiger partial charge in [-0.3, -0.25) is 14.5 Å². The van der Waals surface area contributed by atoms with Crippen molar-refractivity contribution in [3.63, 3.8) is 0 Å². The summed E-state index contributed by atoms with van der Waals surface area (Å²) in [6, 6.07) is 13.9. The maximum absolute atomic E-state index is 12.6. The Labute approximate surface area is 174 Å². The molecule has 1 fully saturated rings. The second-order valence-electron chi connectivity index (χ2n) is 8.35. The number of rotatable bonds is 4. The molecule has 0 spiro atoms. The van der Waals surface area contributed by atoms with E-state index in [1.54, 1.807) is 31.2 Å². The van der Waals surface area contributed by atoms with Gasteiger partial charge in [0.05, 0.1) is 23.3 Å². The fourth-order valence-corrected chi connectivity index (χ4v) is 4.39. The molecule has 2 unspecified atom stereocenters. The number of carbonyl (C=O) groups is 3. The van der Waals surface area contributed by atoms with Crippen molar-refractivity contribution in [1.29, 1.82) is 0 Å². The number of hydrogen-bond donors (Lipinski definition) is 2. The maximum atomic E-state index is 12.6. The first-order valence-electron chi connectivity index (χ1n) is 10.0. The number of aliphatic hydroxyl groups is 1. The summed E-state index contributed by atoms with van der Waals surface area (Å²) in [5.74, 6) is -0.609. The molecule has 156 valence electrons. The van der Waals surface area contributed by atoms with Gasteiger partial charge in [0.1, 0.15) is 0 Å². The van der Waals surface area contributed by atoms with Gasteiger partial charge in [0.15, 0.2) is 0 Å². The Hall–Kier alpha value is -3.19. The number of likely N-dealkylation sites (tertiary alicyclic amines) is 1. The summed E-state index contributed by atoms with van der Waals surface area (Å²) in [6.45, 7) is 2.19. The molecule has 2 N–H and O–H groups in total. The van der Waals surface area contributed by atoms with Crippen molar-refractivity contribution in [2.24, 2.45) is 0 Å². The highest BCUT2D eigenvalue weighted by Gasteiger charge is 2.37. The van der Waals surface area contributed by atoms with Gasteiger partial charge in [0, 0.05) is 12.6 Å². The number of carbonyl (C=O) groups excluding carboxylic acids is 2. The van der Waals surface area contributed by atoms with Crippen molar-refractivity contribution in [3.05, 3.63) is 70.8 Å². The summed E-state index contributed by atoms with van der Waals surface area (Å²) in [4.78, 5) is 39.4. The lowest BCUT2D eigenvalue weighted by Gasteiger charge is -2.41. The third kappa shape index (κ3) is 3.80. The number of imide groups is 1. The van der Waals surface area contributed by atoms with Crippen LogP contribution in [-0.2, 0) is 13.0 Å². The van der Waals surface area contributed by atoms with E-state index in [4.69, 9.17) is 0 Å². The zero-order valence-electron chi connectivity index (χ0n) is 16.7. The van der Waals surface area contributed by atoms with Gasteiger partial charge in [0.2, 0.25) is 0 Å². The normalized spacial score (nSPS) is 23.6. The maximum Gasteiger partial charge on any atom is 0.407 e. The molecule has 30 heavy (non-hydrogen) atoms. The average molecular weight is 408 g/mol. The molecule has 2 aromatic rings. The molecule has 2 heterocycles. The SMILES string of the molecule is CC1(O)CCN(C(=O)O)C(Cc2cccc(CN3C(=O)c4ccccc4C3=O)c2)C1. The van der Waals surface area contributed by atoms with Crippen molar-refractivity contribution in [2.75, 3.05) is 6.54 Å². The number of fused-ring (bicyclic) bond motifs is 1. The molecule has 0 bridgehead atoms. The number of nitrogens with zero attached hydrogens (tertiary/aromatic N) is 2. The minimum Gasteiger partial charge on any atom is -0.465 e. The minimum atomic E-state index is -0.988. The van der Waals surface area contributed by atoms with E-state index >= 15 is 0 Å². The topological polar surface area (TPSA) is 98.1 Å². The highest BCUT2D eigenvalue weighted by Crippen LogP contribution is 2.29. The molecule has 4 rings (SSSR count). The highest BCUT2D eigenvalue weighted by atomic mass is 16.4. The fourth-order valence-electron chi connectivity index (χ4n) is 4.39. The smallest absolute Gasteiger partial charge is 0.407 e. The van der Waals surface area contributed by atoms with Gasteiger partial charge >= 0.3 is 6.09 Å². The van der Waals surface area contributed by atoms with Crippen LogP contribution in [0.1, 0.15) is 51.6 Å². The van der Waals surface area contributed by atoms with E-state index in [1.165, 1.54) is 9.80 Å². The number of carboxylic acid groups (broad SMARTS) is 1. The Balaban J connectivity index is 1.51. The molecule has 2 atom stereocenters. The minimum absolute atomic E-state index is 0.158. The van der Waals surface area contributed by atoms with Crippen LogP contribution in [0.2, 0.25) is 0 Å². The van der Waals surface area contributed by atoms with Crippen LogP contribution in [0.3, 0.4) is 0 Å². The Morgan fingerprint density at radius 3 is 2.33 bits per heavy atom. The summed E-state index contributed by atoms with van der Waals surface area (Å²) in [7, 11) is 0. The number of hydrogen-bond acceptors (Lipinski definition) is 4. The molecule has 2 aliphatic heterocycles. The van der Waals surface area contributed by atoms with Crippen molar-refractivity contribution in [3.8, 4) is 0 Å². The van der Waals surface area contributed by atoms with Crippen molar-refractivity contribution in [2.45, 2.75) is 44.4 Å². The summed E-state index contributed by atoms with van der Waals surface area (Å²) in [5.41, 5.74) is 1.64. The Morgan fingerprint density at radius 2 is 1.70 bits per heavy atom. The van der Waals surface area contributed by atoms with Crippen LogP contribution in [0, 0.1) is 0 Å². The van der Waals surface area contributed by atoms with Gasteiger partial charge in [-0.15, -0.1) is 0 Å². The molecule has 7 nitrogen and oxygen atoms in total. The van der Waals surface area contributed by atoms with Crippen LogP contribution in [0.15, 0.2) is 48.5 Å². The first-order valence-corrected chi connectivity index (χ1v) is 10.0. The molecule has 0 aliphatic carbocycles. The zero-order chi connectivity index (χ0) is 21.5. The van der Waals surface area contributed by atoms with Crippen molar-refractivity contribution in [1.82, 2.24) is 9.80 Å². The van der Waals surface area contributed by atoms with E-state index in [-0.39, 0.29) is 24.4 Å². The third-order valence-corrected chi connectivity index (χ3v) is 5.93. The summed E-state index contributed by atoms with van der Waals surface area (Å²) < 4.78 is 0. The monoisotopic (exact) mass is 408 g/mol. The van der Waals surface area contributed by atoms with Crippen LogP contribution in [0.5, 0.6) is 0 Å². The molecule has 0 radical (unpaired) electrons. The van der Waals surface area contributed by atoms with Gasteiger partial charge in [-0.25, -0.2) is 4.79 Å². The van der Waals surface area contributed by atoms with Gasteiger partial charge in [-0.2, -0.15) is 0 Å². The lowest BCUT2D eigenvalue weighted by molar-refractivity contribution is -0.0263. The van der Waals surface area contributed by atoms with Crippen LogP contribution < -0.4 is 0 Å². The first kappa shape index (κ1) is 20.1. The van der Waals surface area contributed by atoms with E-state index in [0.717, 1.165) is 11.1 Å². The number of piperidine rings is 1. The third-order valence-electron chi connectivity index (χ3n) is 5.93. The average Bonchev–Trinajstić information content (AvgIpc) is 2.93. The van der Waals surface area contributed by atoms with E-state index in [0.29, 0.717) is 36.9 Å². The molecule has 3 amide bonds. The lowest BCUT2D eigenvalue weighted by Crippen LogP contribution is -2.52. The molecule has 7 heteroatoms. The van der Waals surface area contributed by atoms with Gasteiger partial charge in [0.25, 0.3) is 11.8 Å². The molecular weight excluding hydrogens is 384 g/mol. The molecule has 2 aliphatic rings. The van der Waals surface area contributed by atoms with Gasteiger partial charge in [-0.05, 0) is 49.4 Å². The second-order valence-corrected chi connectivity index (χ2v) is 8.35. The molecule has 2 aromatic carbocycles. The van der Waals surface area contributed by atoms with Crippen LogP contribution in [-0.4, -0.2) is 56.1 Å². The van der Waals surface area contributed by atoms with Crippen molar-refractivity contribution < 1.29 is 24.6 Å². The van der Waals surface area contributed by atoms with Crippen molar-refractivity contribution >= 4 is 17.9 Å².